The fraction of sp³-hybridized carbons (Fsp3) is 0.455. The standard InChI is InChI=1S/C11H16N2O3S/c1-4-8-13(5-2)17(14,15)11-7-6-10(16-11)9-12-3/h1,6-7,12H,5,8-9H2,2-3H3. The van der Waals surface area contributed by atoms with Crippen molar-refractivity contribution in [3.05, 3.63) is 17.9 Å². The van der Waals surface area contributed by atoms with Gasteiger partial charge in [0.15, 0.2) is 0 Å². The summed E-state index contributed by atoms with van der Waals surface area (Å²) in [4.78, 5) is 0. The lowest BCUT2D eigenvalue weighted by Gasteiger charge is -2.15. The van der Waals surface area contributed by atoms with E-state index in [1.165, 1.54) is 10.4 Å². The summed E-state index contributed by atoms with van der Waals surface area (Å²) < 4.78 is 30.6. The summed E-state index contributed by atoms with van der Waals surface area (Å²) in [5, 5.41) is 2.81. The van der Waals surface area contributed by atoms with Crippen molar-refractivity contribution in [1.82, 2.24) is 9.62 Å². The molecule has 1 aromatic heterocycles. The average molecular weight is 256 g/mol. The van der Waals surface area contributed by atoms with E-state index in [-0.39, 0.29) is 11.6 Å². The van der Waals surface area contributed by atoms with E-state index in [1.54, 1.807) is 20.0 Å². The molecule has 1 rings (SSSR count). The monoisotopic (exact) mass is 256 g/mol. The molecule has 94 valence electrons. The van der Waals surface area contributed by atoms with Crippen LogP contribution in [0.3, 0.4) is 0 Å². The molecule has 0 bridgehead atoms. The zero-order valence-electron chi connectivity index (χ0n) is 9.93. The van der Waals surface area contributed by atoms with E-state index >= 15 is 0 Å². The Kier molecular flexibility index (Phi) is 4.75. The molecule has 6 heteroatoms. The Morgan fingerprint density at radius 3 is 2.76 bits per heavy atom. The number of sulfonamides is 1. The van der Waals surface area contributed by atoms with E-state index in [9.17, 15) is 8.42 Å². The number of nitrogens with zero attached hydrogens (tertiary/aromatic N) is 1. The maximum Gasteiger partial charge on any atom is 0.277 e. The molecule has 0 aliphatic carbocycles. The van der Waals surface area contributed by atoms with Gasteiger partial charge in [-0.3, -0.25) is 0 Å². The molecule has 0 amide bonds. The Morgan fingerprint density at radius 2 is 2.24 bits per heavy atom. The molecular weight excluding hydrogens is 240 g/mol. The number of hydrogen-bond acceptors (Lipinski definition) is 4. The minimum Gasteiger partial charge on any atom is -0.447 e. The summed E-state index contributed by atoms with van der Waals surface area (Å²) in [7, 11) is -1.86. The van der Waals surface area contributed by atoms with Crippen molar-refractivity contribution in [2.75, 3.05) is 20.1 Å². The molecule has 0 unspecified atom stereocenters. The topological polar surface area (TPSA) is 62.6 Å². The first-order valence-electron chi connectivity index (χ1n) is 5.23. The number of terminal acetylenes is 1. The first-order valence-corrected chi connectivity index (χ1v) is 6.67. The first kappa shape index (κ1) is 13.8. The smallest absolute Gasteiger partial charge is 0.277 e. The molecule has 0 aliphatic heterocycles. The van der Waals surface area contributed by atoms with E-state index in [1.807, 2.05) is 0 Å². The summed E-state index contributed by atoms with van der Waals surface area (Å²) in [6.07, 6.45) is 5.14. The number of furan rings is 1. The van der Waals surface area contributed by atoms with Crippen LogP contribution in [-0.4, -0.2) is 32.9 Å². The molecule has 1 N–H and O–H groups in total. The normalized spacial score (nSPS) is 11.6. The van der Waals surface area contributed by atoms with Crippen molar-refractivity contribution in [3.63, 3.8) is 0 Å². The van der Waals surface area contributed by atoms with Gasteiger partial charge in [0.25, 0.3) is 10.0 Å². The summed E-state index contributed by atoms with van der Waals surface area (Å²) in [5.74, 6) is 2.89. The van der Waals surface area contributed by atoms with Gasteiger partial charge in [-0.15, -0.1) is 6.42 Å². The third-order valence-electron chi connectivity index (χ3n) is 2.20. The predicted molar refractivity (Wildman–Crippen MR) is 64.7 cm³/mol. The predicted octanol–water partition coefficient (Wildman–Crippen LogP) is 0.643. The highest BCUT2D eigenvalue weighted by Crippen LogP contribution is 2.18. The Labute approximate surface area is 102 Å². The molecule has 0 spiro atoms. The summed E-state index contributed by atoms with van der Waals surface area (Å²) in [6, 6.07) is 3.08. The van der Waals surface area contributed by atoms with Crippen molar-refractivity contribution in [2.24, 2.45) is 0 Å². The van der Waals surface area contributed by atoms with Crippen molar-refractivity contribution in [3.8, 4) is 12.3 Å². The molecule has 0 aliphatic rings. The summed E-state index contributed by atoms with van der Waals surface area (Å²) in [6.45, 7) is 2.57. The maximum atomic E-state index is 12.1. The Morgan fingerprint density at radius 1 is 1.53 bits per heavy atom. The molecule has 0 fully saturated rings. The molecule has 17 heavy (non-hydrogen) atoms. The average Bonchev–Trinajstić information content (AvgIpc) is 2.75. The van der Waals surface area contributed by atoms with Gasteiger partial charge in [-0.25, -0.2) is 8.42 Å². The third-order valence-corrected chi connectivity index (χ3v) is 4.00. The van der Waals surface area contributed by atoms with E-state index < -0.39 is 10.0 Å². The highest BCUT2D eigenvalue weighted by Gasteiger charge is 2.25. The molecule has 0 saturated carbocycles. The van der Waals surface area contributed by atoms with Gasteiger partial charge in [0.2, 0.25) is 5.09 Å². The van der Waals surface area contributed by atoms with Crippen LogP contribution in [0.4, 0.5) is 0 Å². The summed E-state index contributed by atoms with van der Waals surface area (Å²) in [5.41, 5.74) is 0. The van der Waals surface area contributed by atoms with Crippen LogP contribution >= 0.6 is 0 Å². The molecule has 0 aromatic carbocycles. The van der Waals surface area contributed by atoms with Gasteiger partial charge in [-0.05, 0) is 19.2 Å². The lowest BCUT2D eigenvalue weighted by atomic mass is 10.4. The molecule has 1 heterocycles. The Bertz CT molecular complexity index is 499. The second-order valence-electron chi connectivity index (χ2n) is 3.39. The van der Waals surface area contributed by atoms with Gasteiger partial charge in [0, 0.05) is 6.54 Å². The summed E-state index contributed by atoms with van der Waals surface area (Å²) >= 11 is 0. The zero-order chi connectivity index (χ0) is 12.9. The van der Waals surface area contributed by atoms with Gasteiger partial charge < -0.3 is 9.73 Å². The lowest BCUT2D eigenvalue weighted by Crippen LogP contribution is -2.30. The van der Waals surface area contributed by atoms with Crippen molar-refractivity contribution in [2.45, 2.75) is 18.6 Å². The van der Waals surface area contributed by atoms with E-state index in [0.29, 0.717) is 18.8 Å². The van der Waals surface area contributed by atoms with Crippen LogP contribution in [0.1, 0.15) is 12.7 Å². The van der Waals surface area contributed by atoms with E-state index in [2.05, 4.69) is 11.2 Å². The molecule has 0 radical (unpaired) electrons. The largest absolute Gasteiger partial charge is 0.447 e. The van der Waals surface area contributed by atoms with Crippen molar-refractivity contribution in [1.29, 1.82) is 0 Å². The fourth-order valence-electron chi connectivity index (χ4n) is 1.36. The van der Waals surface area contributed by atoms with Gasteiger partial charge in [0.05, 0.1) is 13.1 Å². The second-order valence-corrected chi connectivity index (χ2v) is 5.26. The van der Waals surface area contributed by atoms with Crippen LogP contribution < -0.4 is 5.32 Å². The number of nitrogens with one attached hydrogen (secondary N) is 1. The van der Waals surface area contributed by atoms with E-state index in [0.717, 1.165) is 0 Å². The molecule has 1 aromatic rings. The quantitative estimate of drug-likeness (QED) is 0.759. The number of hydrogen-bond donors (Lipinski definition) is 1. The molecule has 5 nitrogen and oxygen atoms in total. The zero-order valence-corrected chi connectivity index (χ0v) is 10.8. The van der Waals surface area contributed by atoms with Crippen molar-refractivity contribution < 1.29 is 12.8 Å². The number of rotatable bonds is 6. The minimum absolute atomic E-state index is 0.0426. The minimum atomic E-state index is -3.61. The van der Waals surface area contributed by atoms with Gasteiger partial charge in [-0.1, -0.05) is 12.8 Å². The van der Waals surface area contributed by atoms with Crippen LogP contribution in [-0.2, 0) is 16.6 Å². The van der Waals surface area contributed by atoms with E-state index in [4.69, 9.17) is 10.8 Å². The lowest BCUT2D eigenvalue weighted by molar-refractivity contribution is 0.381. The fourth-order valence-corrected chi connectivity index (χ4v) is 2.65. The maximum absolute atomic E-state index is 12.1. The van der Waals surface area contributed by atoms with Crippen molar-refractivity contribution >= 4 is 10.0 Å². The first-order chi connectivity index (χ1) is 8.06. The third kappa shape index (κ3) is 3.09. The second kappa shape index (κ2) is 5.87. The molecule has 0 saturated heterocycles. The van der Waals surface area contributed by atoms with Gasteiger partial charge in [0.1, 0.15) is 5.76 Å². The Balaban J connectivity index is 2.99. The van der Waals surface area contributed by atoms with Crippen LogP contribution in [0.2, 0.25) is 0 Å². The highest BCUT2D eigenvalue weighted by molar-refractivity contribution is 7.89. The van der Waals surface area contributed by atoms with Gasteiger partial charge >= 0.3 is 0 Å². The molecule has 0 atom stereocenters. The van der Waals surface area contributed by atoms with Crippen LogP contribution in [0.5, 0.6) is 0 Å². The SMILES string of the molecule is C#CCN(CC)S(=O)(=O)c1ccc(CNC)o1. The van der Waals surface area contributed by atoms with Crippen LogP contribution in [0.25, 0.3) is 0 Å². The Hall–Kier alpha value is -1.29. The molecular formula is C11H16N2O3S. The van der Waals surface area contributed by atoms with Gasteiger partial charge in [-0.2, -0.15) is 4.31 Å². The highest BCUT2D eigenvalue weighted by atomic mass is 32.2. The van der Waals surface area contributed by atoms with Crippen LogP contribution in [0, 0.1) is 12.3 Å². The van der Waals surface area contributed by atoms with Crippen LogP contribution in [0.15, 0.2) is 21.6 Å².